The molecule has 134 valence electrons. The van der Waals surface area contributed by atoms with E-state index in [0.29, 0.717) is 11.7 Å². The summed E-state index contributed by atoms with van der Waals surface area (Å²) in [6, 6.07) is 6.01. The molecule has 7 nitrogen and oxygen atoms in total. The minimum atomic E-state index is -0.202. The van der Waals surface area contributed by atoms with Crippen LogP contribution in [0.5, 0.6) is 0 Å². The fourth-order valence-electron chi connectivity index (χ4n) is 2.68. The van der Waals surface area contributed by atoms with Gasteiger partial charge in [0, 0.05) is 56.8 Å². The molecule has 0 aliphatic carbocycles. The molecule has 25 heavy (non-hydrogen) atoms. The molecule has 8 heteroatoms. The first kappa shape index (κ1) is 17.8. The summed E-state index contributed by atoms with van der Waals surface area (Å²) in [6.07, 6.45) is 1.83. The number of nitrogens with one attached hydrogen (secondary N) is 1. The van der Waals surface area contributed by atoms with Crippen molar-refractivity contribution in [2.24, 2.45) is 11.7 Å². The van der Waals surface area contributed by atoms with Crippen LogP contribution >= 0.6 is 11.3 Å². The molecular formula is C17H24N6OS. The fourth-order valence-corrected chi connectivity index (χ4v) is 3.38. The van der Waals surface area contributed by atoms with E-state index in [1.54, 1.807) is 0 Å². The van der Waals surface area contributed by atoms with E-state index in [2.05, 4.69) is 25.1 Å². The van der Waals surface area contributed by atoms with Crippen LogP contribution in [-0.2, 0) is 11.3 Å². The number of thiazole rings is 1. The zero-order valence-electron chi connectivity index (χ0n) is 14.4. The Morgan fingerprint density at radius 2 is 2.16 bits per heavy atom. The highest BCUT2D eigenvalue weighted by Gasteiger charge is 2.19. The average Bonchev–Trinajstić information content (AvgIpc) is 3.09. The van der Waals surface area contributed by atoms with Gasteiger partial charge in [-0.15, -0.1) is 11.3 Å². The summed E-state index contributed by atoms with van der Waals surface area (Å²) in [6.45, 7) is 6.81. The van der Waals surface area contributed by atoms with Gasteiger partial charge >= 0.3 is 0 Å². The highest BCUT2D eigenvalue weighted by atomic mass is 32.1. The van der Waals surface area contributed by atoms with E-state index in [1.807, 2.05) is 36.7 Å². The Morgan fingerprint density at radius 1 is 1.36 bits per heavy atom. The van der Waals surface area contributed by atoms with Crippen molar-refractivity contribution in [2.45, 2.75) is 13.5 Å². The fraction of sp³-hybridized carbons (Fsp3) is 0.471. The van der Waals surface area contributed by atoms with Gasteiger partial charge in [-0.1, -0.05) is 13.0 Å². The van der Waals surface area contributed by atoms with Gasteiger partial charge < -0.3 is 16.0 Å². The van der Waals surface area contributed by atoms with E-state index < -0.39 is 0 Å². The third kappa shape index (κ3) is 4.75. The molecule has 0 bridgehead atoms. The number of aromatic nitrogens is 2. The highest BCUT2D eigenvalue weighted by Crippen LogP contribution is 2.19. The molecule has 1 aliphatic rings. The van der Waals surface area contributed by atoms with Gasteiger partial charge in [-0.2, -0.15) is 0 Å². The lowest BCUT2D eigenvalue weighted by atomic mass is 10.2. The van der Waals surface area contributed by atoms with Crippen molar-refractivity contribution < 1.29 is 4.79 Å². The zero-order valence-corrected chi connectivity index (χ0v) is 15.2. The van der Waals surface area contributed by atoms with E-state index >= 15 is 0 Å². The zero-order chi connectivity index (χ0) is 17.6. The Balaban J connectivity index is 1.49. The summed E-state index contributed by atoms with van der Waals surface area (Å²) in [5, 5.41) is 5.49. The maximum absolute atomic E-state index is 11.9. The molecule has 2 aromatic heterocycles. The molecule has 1 aliphatic heterocycles. The van der Waals surface area contributed by atoms with E-state index in [1.165, 1.54) is 11.3 Å². The number of anilines is 2. The molecule has 3 heterocycles. The Morgan fingerprint density at radius 3 is 2.84 bits per heavy atom. The number of pyridine rings is 1. The second kappa shape index (κ2) is 8.37. The first-order valence-electron chi connectivity index (χ1n) is 8.49. The van der Waals surface area contributed by atoms with Crippen molar-refractivity contribution in [1.82, 2.24) is 14.9 Å². The van der Waals surface area contributed by atoms with Gasteiger partial charge in [0.2, 0.25) is 5.91 Å². The van der Waals surface area contributed by atoms with Crippen LogP contribution in [0.2, 0.25) is 0 Å². The molecule has 1 amide bonds. The molecular weight excluding hydrogens is 336 g/mol. The number of nitrogens with zero attached hydrogens (tertiary/aromatic N) is 4. The average molecular weight is 360 g/mol. The second-order valence-corrected chi connectivity index (χ2v) is 7.08. The molecule has 0 spiro atoms. The van der Waals surface area contributed by atoms with Crippen molar-refractivity contribution in [3.63, 3.8) is 0 Å². The molecule has 0 radical (unpaired) electrons. The van der Waals surface area contributed by atoms with Crippen molar-refractivity contribution >= 4 is 28.2 Å². The largest absolute Gasteiger partial charge is 0.354 e. The van der Waals surface area contributed by atoms with Crippen LogP contribution in [0.25, 0.3) is 0 Å². The van der Waals surface area contributed by atoms with Crippen LogP contribution in [0.4, 0.5) is 10.9 Å². The Labute approximate surface area is 151 Å². The third-order valence-electron chi connectivity index (χ3n) is 4.31. The van der Waals surface area contributed by atoms with Gasteiger partial charge in [0.1, 0.15) is 5.82 Å². The predicted octanol–water partition coefficient (Wildman–Crippen LogP) is 1.39. The minimum Gasteiger partial charge on any atom is -0.354 e. The summed E-state index contributed by atoms with van der Waals surface area (Å²) < 4.78 is 0. The molecule has 1 atom stereocenters. The summed E-state index contributed by atoms with van der Waals surface area (Å²) in [5.74, 6) is 0.759. The molecule has 0 saturated carbocycles. The molecule has 1 saturated heterocycles. The number of hydrogen-bond donors (Lipinski definition) is 2. The lowest BCUT2D eigenvalue weighted by Crippen LogP contribution is -2.46. The summed E-state index contributed by atoms with van der Waals surface area (Å²) in [7, 11) is 0. The predicted molar refractivity (Wildman–Crippen MR) is 101 cm³/mol. The minimum absolute atomic E-state index is 0.0765. The van der Waals surface area contributed by atoms with Gasteiger partial charge in [0.25, 0.3) is 0 Å². The van der Waals surface area contributed by atoms with Gasteiger partial charge in [-0.3, -0.25) is 9.69 Å². The van der Waals surface area contributed by atoms with Crippen molar-refractivity contribution in [2.75, 3.05) is 42.9 Å². The van der Waals surface area contributed by atoms with Gasteiger partial charge in [-0.05, 0) is 12.1 Å². The second-order valence-electron chi connectivity index (χ2n) is 6.22. The van der Waals surface area contributed by atoms with Gasteiger partial charge in [0.15, 0.2) is 5.13 Å². The van der Waals surface area contributed by atoms with Crippen molar-refractivity contribution in [1.29, 1.82) is 0 Å². The summed E-state index contributed by atoms with van der Waals surface area (Å²) >= 11 is 1.46. The van der Waals surface area contributed by atoms with Crippen LogP contribution in [0, 0.1) is 5.92 Å². The molecule has 3 N–H and O–H groups in total. The smallest absolute Gasteiger partial charge is 0.230 e. The normalized spacial score (nSPS) is 16.6. The van der Waals surface area contributed by atoms with E-state index in [9.17, 15) is 4.79 Å². The number of rotatable bonds is 6. The molecule has 2 aromatic rings. The SMILES string of the molecule is CC(CN)C(=O)Nc1nc(CN2CCN(c3ccccn3)CC2)cs1. The number of hydrogen-bond acceptors (Lipinski definition) is 7. The number of piperazine rings is 1. The monoisotopic (exact) mass is 360 g/mol. The third-order valence-corrected chi connectivity index (χ3v) is 5.12. The van der Waals surface area contributed by atoms with E-state index in [0.717, 1.165) is 44.2 Å². The number of carbonyl (C=O) groups is 1. The standard InChI is InChI=1S/C17H24N6OS/c1-13(10-18)16(24)21-17-20-14(12-25-17)11-22-6-8-23(9-7-22)15-4-2-3-5-19-15/h2-5,12-13H,6-11,18H2,1H3,(H,20,21,24). The Bertz CT molecular complexity index is 683. The quantitative estimate of drug-likeness (QED) is 0.810. The topological polar surface area (TPSA) is 87.4 Å². The van der Waals surface area contributed by atoms with Gasteiger partial charge in [-0.25, -0.2) is 9.97 Å². The van der Waals surface area contributed by atoms with E-state index in [4.69, 9.17) is 5.73 Å². The first-order valence-corrected chi connectivity index (χ1v) is 9.37. The van der Waals surface area contributed by atoms with Crippen molar-refractivity contribution in [3.05, 3.63) is 35.5 Å². The molecule has 3 rings (SSSR count). The Kier molecular flexibility index (Phi) is 5.95. The van der Waals surface area contributed by atoms with Crippen molar-refractivity contribution in [3.8, 4) is 0 Å². The van der Waals surface area contributed by atoms with Gasteiger partial charge in [0.05, 0.1) is 5.69 Å². The van der Waals surface area contributed by atoms with Crippen LogP contribution in [0.15, 0.2) is 29.8 Å². The van der Waals surface area contributed by atoms with E-state index in [-0.39, 0.29) is 11.8 Å². The Hall–Kier alpha value is -2.03. The maximum Gasteiger partial charge on any atom is 0.230 e. The molecule has 1 unspecified atom stereocenters. The molecule has 0 aromatic carbocycles. The maximum atomic E-state index is 11.9. The number of nitrogens with two attached hydrogens (primary N) is 1. The lowest BCUT2D eigenvalue weighted by Gasteiger charge is -2.35. The first-order chi connectivity index (χ1) is 12.2. The summed E-state index contributed by atoms with van der Waals surface area (Å²) in [4.78, 5) is 25.5. The highest BCUT2D eigenvalue weighted by molar-refractivity contribution is 7.13. The van der Waals surface area contributed by atoms with Crippen LogP contribution in [-0.4, -0.2) is 53.5 Å². The lowest BCUT2D eigenvalue weighted by molar-refractivity contribution is -0.119. The molecule has 1 fully saturated rings. The van der Waals surface area contributed by atoms with Crippen LogP contribution in [0.1, 0.15) is 12.6 Å². The van der Waals surface area contributed by atoms with Crippen LogP contribution in [0.3, 0.4) is 0 Å². The van der Waals surface area contributed by atoms with Crippen LogP contribution < -0.4 is 16.0 Å². The number of amides is 1. The summed E-state index contributed by atoms with van der Waals surface area (Å²) in [5.41, 5.74) is 6.51. The number of carbonyl (C=O) groups excluding carboxylic acids is 1.